The monoisotopic (exact) mass is 303 g/mol. The predicted octanol–water partition coefficient (Wildman–Crippen LogP) is 5.19. The van der Waals surface area contributed by atoms with Gasteiger partial charge in [0.15, 0.2) is 0 Å². The maximum atomic E-state index is 6.31. The number of para-hydroxylation sites is 1. The van der Waals surface area contributed by atoms with Crippen LogP contribution in [0.3, 0.4) is 0 Å². The fourth-order valence-corrected chi connectivity index (χ4v) is 2.39. The van der Waals surface area contributed by atoms with E-state index in [0.29, 0.717) is 5.02 Å². The quantitative estimate of drug-likeness (QED) is 0.710. The summed E-state index contributed by atoms with van der Waals surface area (Å²) >= 11 is 6.31. The van der Waals surface area contributed by atoms with Crippen molar-refractivity contribution in [2.24, 2.45) is 0 Å². The number of benzene rings is 2. The van der Waals surface area contributed by atoms with E-state index in [-0.39, 0.29) is 0 Å². The van der Waals surface area contributed by atoms with E-state index >= 15 is 0 Å². The first-order chi connectivity index (χ1) is 10.2. The number of hydrogen-bond donors (Lipinski definition) is 1. The van der Waals surface area contributed by atoms with Crippen molar-refractivity contribution >= 4 is 11.6 Å². The molecule has 0 aromatic heterocycles. The normalized spacial score (nSPS) is 10.6. The Morgan fingerprint density at radius 3 is 2.67 bits per heavy atom. The van der Waals surface area contributed by atoms with Gasteiger partial charge in [0.1, 0.15) is 11.5 Å². The number of ether oxygens (including phenoxy) is 1. The van der Waals surface area contributed by atoms with Crippen molar-refractivity contribution in [2.45, 2.75) is 33.2 Å². The van der Waals surface area contributed by atoms with Crippen LogP contribution in [0.1, 0.15) is 31.4 Å². The lowest BCUT2D eigenvalue weighted by Crippen LogP contribution is -2.14. The Morgan fingerprint density at radius 1 is 1.10 bits per heavy atom. The first-order valence-electron chi connectivity index (χ1n) is 7.49. The van der Waals surface area contributed by atoms with Crippen LogP contribution in [-0.4, -0.2) is 6.54 Å². The molecule has 2 aromatic carbocycles. The molecular formula is C18H22ClNO. The SMILES string of the molecule is CCCNCc1cccc(Cl)c1Oc1cccc(CC)c1. The third kappa shape index (κ3) is 4.48. The molecule has 0 aliphatic rings. The van der Waals surface area contributed by atoms with Gasteiger partial charge in [-0.15, -0.1) is 0 Å². The maximum absolute atomic E-state index is 6.31. The number of nitrogens with one attached hydrogen (secondary N) is 1. The fourth-order valence-electron chi connectivity index (χ4n) is 2.15. The summed E-state index contributed by atoms with van der Waals surface area (Å²) in [5, 5.41) is 4.03. The van der Waals surface area contributed by atoms with Gasteiger partial charge in [0, 0.05) is 12.1 Å². The number of hydrogen-bond acceptors (Lipinski definition) is 2. The molecule has 2 nitrogen and oxygen atoms in total. The van der Waals surface area contributed by atoms with Crippen LogP contribution < -0.4 is 10.1 Å². The van der Waals surface area contributed by atoms with Gasteiger partial charge in [0.25, 0.3) is 0 Å². The van der Waals surface area contributed by atoms with Gasteiger partial charge in [-0.05, 0) is 43.1 Å². The smallest absolute Gasteiger partial charge is 0.150 e. The molecule has 0 radical (unpaired) electrons. The zero-order valence-electron chi connectivity index (χ0n) is 12.7. The second-order valence-corrected chi connectivity index (χ2v) is 5.42. The van der Waals surface area contributed by atoms with E-state index in [1.807, 2.05) is 30.3 Å². The van der Waals surface area contributed by atoms with E-state index in [9.17, 15) is 0 Å². The second kappa shape index (κ2) is 8.06. The Hall–Kier alpha value is -1.51. The van der Waals surface area contributed by atoms with Crippen molar-refractivity contribution in [3.63, 3.8) is 0 Å². The molecule has 112 valence electrons. The van der Waals surface area contributed by atoms with Crippen molar-refractivity contribution in [1.29, 1.82) is 0 Å². The standard InChI is InChI=1S/C18H22ClNO/c1-3-11-20-13-15-8-6-10-17(19)18(15)21-16-9-5-7-14(4-2)12-16/h5-10,12,20H,3-4,11,13H2,1-2H3. The van der Waals surface area contributed by atoms with Crippen molar-refractivity contribution < 1.29 is 4.74 Å². The Bertz CT molecular complexity index is 583. The zero-order chi connectivity index (χ0) is 15.1. The van der Waals surface area contributed by atoms with Crippen molar-refractivity contribution in [1.82, 2.24) is 5.32 Å². The van der Waals surface area contributed by atoms with Crippen molar-refractivity contribution in [3.05, 3.63) is 58.6 Å². The van der Waals surface area contributed by atoms with Gasteiger partial charge in [0.2, 0.25) is 0 Å². The molecule has 2 aromatic rings. The first-order valence-corrected chi connectivity index (χ1v) is 7.87. The molecule has 3 heteroatoms. The molecule has 0 unspecified atom stereocenters. The summed E-state index contributed by atoms with van der Waals surface area (Å²) in [6.07, 6.45) is 2.10. The van der Waals surface area contributed by atoms with Crippen LogP contribution in [-0.2, 0) is 13.0 Å². The van der Waals surface area contributed by atoms with Crippen LogP contribution >= 0.6 is 11.6 Å². The molecule has 0 aliphatic carbocycles. The molecule has 1 N–H and O–H groups in total. The highest BCUT2D eigenvalue weighted by Gasteiger charge is 2.09. The third-order valence-corrected chi connectivity index (χ3v) is 3.61. The molecule has 2 rings (SSSR count). The molecule has 21 heavy (non-hydrogen) atoms. The number of aryl methyl sites for hydroxylation is 1. The molecular weight excluding hydrogens is 282 g/mol. The first kappa shape index (κ1) is 15.9. The highest BCUT2D eigenvalue weighted by molar-refractivity contribution is 6.32. The highest BCUT2D eigenvalue weighted by Crippen LogP contribution is 2.33. The molecule has 0 fully saturated rings. The van der Waals surface area contributed by atoms with E-state index in [1.165, 1.54) is 5.56 Å². The van der Waals surface area contributed by atoms with E-state index in [2.05, 4.69) is 31.3 Å². The average Bonchev–Trinajstić information content (AvgIpc) is 2.51. The zero-order valence-corrected chi connectivity index (χ0v) is 13.4. The number of rotatable bonds is 7. The van der Waals surface area contributed by atoms with Gasteiger partial charge in [-0.1, -0.05) is 49.7 Å². The molecule has 0 bridgehead atoms. The lowest BCUT2D eigenvalue weighted by Gasteiger charge is -2.14. The van der Waals surface area contributed by atoms with Gasteiger partial charge in [-0.2, -0.15) is 0 Å². The average molecular weight is 304 g/mol. The molecule has 0 heterocycles. The van der Waals surface area contributed by atoms with Gasteiger partial charge >= 0.3 is 0 Å². The predicted molar refractivity (Wildman–Crippen MR) is 89.3 cm³/mol. The van der Waals surface area contributed by atoms with Gasteiger partial charge in [-0.3, -0.25) is 0 Å². The molecule has 0 atom stereocenters. The van der Waals surface area contributed by atoms with E-state index < -0.39 is 0 Å². The van der Waals surface area contributed by atoms with Crippen LogP contribution in [0.25, 0.3) is 0 Å². The summed E-state index contributed by atoms with van der Waals surface area (Å²) in [6, 6.07) is 14.0. The van der Waals surface area contributed by atoms with Gasteiger partial charge in [0.05, 0.1) is 5.02 Å². The molecule has 0 aliphatic heterocycles. The van der Waals surface area contributed by atoms with E-state index in [0.717, 1.165) is 43.0 Å². The topological polar surface area (TPSA) is 21.3 Å². The van der Waals surface area contributed by atoms with Crippen LogP contribution in [0.15, 0.2) is 42.5 Å². The summed E-state index contributed by atoms with van der Waals surface area (Å²) < 4.78 is 6.04. The molecule has 0 saturated heterocycles. The van der Waals surface area contributed by atoms with Crippen LogP contribution in [0.2, 0.25) is 5.02 Å². The summed E-state index contributed by atoms with van der Waals surface area (Å²) in [6.45, 7) is 6.03. The molecule has 0 spiro atoms. The Kier molecular flexibility index (Phi) is 6.09. The summed E-state index contributed by atoms with van der Waals surface area (Å²) in [4.78, 5) is 0. The van der Waals surface area contributed by atoms with Gasteiger partial charge in [-0.25, -0.2) is 0 Å². The largest absolute Gasteiger partial charge is 0.455 e. The lowest BCUT2D eigenvalue weighted by molar-refractivity contribution is 0.472. The maximum Gasteiger partial charge on any atom is 0.150 e. The van der Waals surface area contributed by atoms with Crippen molar-refractivity contribution in [2.75, 3.05) is 6.54 Å². The molecule has 0 saturated carbocycles. The van der Waals surface area contributed by atoms with E-state index in [4.69, 9.17) is 16.3 Å². The molecule has 0 amide bonds. The Labute approximate surface area is 132 Å². The Morgan fingerprint density at radius 2 is 1.90 bits per heavy atom. The Balaban J connectivity index is 2.21. The second-order valence-electron chi connectivity index (χ2n) is 5.01. The minimum atomic E-state index is 0.646. The lowest BCUT2D eigenvalue weighted by atomic mass is 10.1. The van der Waals surface area contributed by atoms with Crippen LogP contribution in [0.5, 0.6) is 11.5 Å². The highest BCUT2D eigenvalue weighted by atomic mass is 35.5. The minimum Gasteiger partial charge on any atom is -0.455 e. The minimum absolute atomic E-state index is 0.646. The summed E-state index contributed by atoms with van der Waals surface area (Å²) in [5.74, 6) is 1.58. The van der Waals surface area contributed by atoms with Crippen molar-refractivity contribution in [3.8, 4) is 11.5 Å². The summed E-state index contributed by atoms with van der Waals surface area (Å²) in [5.41, 5.74) is 2.34. The van der Waals surface area contributed by atoms with Crippen LogP contribution in [0.4, 0.5) is 0 Å². The van der Waals surface area contributed by atoms with Gasteiger partial charge < -0.3 is 10.1 Å². The summed E-state index contributed by atoms with van der Waals surface area (Å²) in [7, 11) is 0. The number of halogens is 1. The van der Waals surface area contributed by atoms with Crippen LogP contribution in [0, 0.1) is 0 Å². The fraction of sp³-hybridized carbons (Fsp3) is 0.333. The third-order valence-electron chi connectivity index (χ3n) is 3.32. The van der Waals surface area contributed by atoms with E-state index in [1.54, 1.807) is 0 Å².